The Kier molecular flexibility index (Phi) is 5.83. The second-order valence-corrected chi connectivity index (χ2v) is 7.26. The molecule has 4 aromatic rings. The number of hydrogen-bond acceptors (Lipinski definition) is 5. The molecule has 4 rings (SSSR count). The van der Waals surface area contributed by atoms with Crippen molar-refractivity contribution >= 4 is 28.7 Å². The minimum atomic E-state index is -0.168. The molecule has 0 aliphatic carbocycles. The number of benzene rings is 2. The third-order valence-electron chi connectivity index (χ3n) is 4.15. The number of para-hydroxylation sites is 1. The second kappa shape index (κ2) is 9.03. The first-order valence-corrected chi connectivity index (χ1v) is 10.0. The van der Waals surface area contributed by atoms with Crippen LogP contribution in [-0.4, -0.2) is 10.9 Å². The van der Waals surface area contributed by atoms with Crippen molar-refractivity contribution in [3.63, 3.8) is 0 Å². The summed E-state index contributed by atoms with van der Waals surface area (Å²) in [6.07, 6.45) is 1.66. The van der Waals surface area contributed by atoms with Crippen molar-refractivity contribution in [1.82, 2.24) is 10.3 Å². The topological polar surface area (TPSA) is 63.2 Å². The molecule has 2 aromatic heterocycles. The fourth-order valence-electron chi connectivity index (χ4n) is 2.73. The van der Waals surface area contributed by atoms with E-state index >= 15 is 0 Å². The molecule has 2 aromatic carbocycles. The van der Waals surface area contributed by atoms with Crippen LogP contribution in [0.2, 0.25) is 0 Å². The van der Waals surface area contributed by atoms with Gasteiger partial charge in [0.1, 0.15) is 17.3 Å². The molecule has 144 valence electrons. The summed E-state index contributed by atoms with van der Waals surface area (Å²) in [7, 11) is 0. The Labute approximate surface area is 173 Å². The van der Waals surface area contributed by atoms with Crippen molar-refractivity contribution < 1.29 is 9.53 Å². The monoisotopic (exact) mass is 401 g/mol. The quantitative estimate of drug-likeness (QED) is 0.423. The van der Waals surface area contributed by atoms with Crippen LogP contribution < -0.4 is 15.4 Å². The zero-order valence-corrected chi connectivity index (χ0v) is 16.4. The SMILES string of the molecule is O=C(NCc1cccs1)c1cccnc1Nc1ccc(Oc2ccccc2)cc1. The first-order valence-electron chi connectivity index (χ1n) is 9.13. The summed E-state index contributed by atoms with van der Waals surface area (Å²) in [6, 6.07) is 24.6. The lowest BCUT2D eigenvalue weighted by Crippen LogP contribution is -2.23. The van der Waals surface area contributed by atoms with Gasteiger partial charge in [-0.25, -0.2) is 4.98 Å². The van der Waals surface area contributed by atoms with E-state index in [0.29, 0.717) is 17.9 Å². The van der Waals surface area contributed by atoms with E-state index < -0.39 is 0 Å². The third kappa shape index (κ3) is 5.00. The highest BCUT2D eigenvalue weighted by Crippen LogP contribution is 2.25. The number of nitrogens with one attached hydrogen (secondary N) is 2. The summed E-state index contributed by atoms with van der Waals surface area (Å²) in [4.78, 5) is 18.0. The zero-order valence-electron chi connectivity index (χ0n) is 15.5. The van der Waals surface area contributed by atoms with Crippen LogP contribution in [0.25, 0.3) is 0 Å². The molecule has 6 heteroatoms. The molecule has 2 heterocycles. The number of carbonyl (C=O) groups is 1. The van der Waals surface area contributed by atoms with Crippen molar-refractivity contribution in [3.8, 4) is 11.5 Å². The van der Waals surface area contributed by atoms with Gasteiger partial charge in [0, 0.05) is 16.8 Å². The summed E-state index contributed by atoms with van der Waals surface area (Å²) in [5.41, 5.74) is 1.31. The zero-order chi connectivity index (χ0) is 19.9. The molecule has 0 unspecified atom stereocenters. The Balaban J connectivity index is 1.43. The number of rotatable bonds is 7. The maximum atomic E-state index is 12.6. The van der Waals surface area contributed by atoms with Crippen LogP contribution in [0, 0.1) is 0 Å². The van der Waals surface area contributed by atoms with E-state index in [1.54, 1.807) is 29.7 Å². The van der Waals surface area contributed by atoms with Gasteiger partial charge in [-0.05, 0) is 60.0 Å². The van der Waals surface area contributed by atoms with Crippen molar-refractivity contribution in [2.75, 3.05) is 5.32 Å². The van der Waals surface area contributed by atoms with E-state index in [2.05, 4.69) is 15.6 Å². The second-order valence-electron chi connectivity index (χ2n) is 6.23. The van der Waals surface area contributed by atoms with Crippen LogP contribution in [0.3, 0.4) is 0 Å². The Morgan fingerprint density at radius 3 is 2.45 bits per heavy atom. The van der Waals surface area contributed by atoms with Gasteiger partial charge in [0.2, 0.25) is 0 Å². The summed E-state index contributed by atoms with van der Waals surface area (Å²) >= 11 is 1.61. The first-order chi connectivity index (χ1) is 14.3. The molecular formula is C23H19N3O2S. The van der Waals surface area contributed by atoms with Gasteiger partial charge in [0.15, 0.2) is 0 Å². The largest absolute Gasteiger partial charge is 0.457 e. The lowest BCUT2D eigenvalue weighted by molar-refractivity contribution is 0.0952. The van der Waals surface area contributed by atoms with Gasteiger partial charge in [-0.2, -0.15) is 0 Å². The molecule has 0 spiro atoms. The molecule has 2 N–H and O–H groups in total. The van der Waals surface area contributed by atoms with E-state index in [9.17, 15) is 4.79 Å². The van der Waals surface area contributed by atoms with Crippen LogP contribution in [0.1, 0.15) is 15.2 Å². The molecule has 0 atom stereocenters. The van der Waals surface area contributed by atoms with Gasteiger partial charge in [0.05, 0.1) is 12.1 Å². The number of nitrogens with zero attached hydrogens (tertiary/aromatic N) is 1. The van der Waals surface area contributed by atoms with Crippen LogP contribution in [0.15, 0.2) is 90.4 Å². The Bertz CT molecular complexity index is 1070. The van der Waals surface area contributed by atoms with E-state index in [0.717, 1.165) is 22.1 Å². The number of amides is 1. The normalized spacial score (nSPS) is 10.3. The Hall–Kier alpha value is -3.64. The number of carbonyl (C=O) groups excluding carboxylic acids is 1. The number of hydrogen-bond donors (Lipinski definition) is 2. The number of thiophene rings is 1. The van der Waals surface area contributed by atoms with E-state index in [4.69, 9.17) is 4.74 Å². The molecular weight excluding hydrogens is 382 g/mol. The fraction of sp³-hybridized carbons (Fsp3) is 0.0435. The van der Waals surface area contributed by atoms with Gasteiger partial charge in [-0.15, -0.1) is 11.3 Å². The molecule has 0 fully saturated rings. The Morgan fingerprint density at radius 1 is 0.897 bits per heavy atom. The van der Waals surface area contributed by atoms with Gasteiger partial charge in [-0.1, -0.05) is 24.3 Å². The average Bonchev–Trinajstić information content (AvgIpc) is 3.28. The van der Waals surface area contributed by atoms with E-state index in [1.807, 2.05) is 72.1 Å². The molecule has 0 bridgehead atoms. The lowest BCUT2D eigenvalue weighted by atomic mass is 10.2. The van der Waals surface area contributed by atoms with Crippen molar-refractivity contribution in [3.05, 3.63) is 101 Å². The van der Waals surface area contributed by atoms with E-state index in [1.165, 1.54) is 0 Å². The molecule has 0 saturated carbocycles. The maximum Gasteiger partial charge on any atom is 0.255 e. The van der Waals surface area contributed by atoms with Crippen molar-refractivity contribution in [1.29, 1.82) is 0 Å². The van der Waals surface area contributed by atoms with Crippen LogP contribution in [-0.2, 0) is 6.54 Å². The summed E-state index contributed by atoms with van der Waals surface area (Å²) < 4.78 is 5.81. The van der Waals surface area contributed by atoms with Gasteiger partial charge < -0.3 is 15.4 Å². The molecule has 0 radical (unpaired) electrons. The minimum Gasteiger partial charge on any atom is -0.457 e. The standard InChI is InChI=1S/C23H19N3O2S/c27-23(25-16-20-8-5-15-29-20)21-9-4-14-24-22(21)26-17-10-12-19(13-11-17)28-18-6-2-1-3-7-18/h1-15H,16H2,(H,24,26)(H,25,27). The number of pyridine rings is 1. The van der Waals surface area contributed by atoms with Crippen LogP contribution in [0.4, 0.5) is 11.5 Å². The predicted molar refractivity (Wildman–Crippen MR) is 116 cm³/mol. The highest BCUT2D eigenvalue weighted by molar-refractivity contribution is 7.09. The molecule has 29 heavy (non-hydrogen) atoms. The highest BCUT2D eigenvalue weighted by Gasteiger charge is 2.12. The average molecular weight is 401 g/mol. The van der Waals surface area contributed by atoms with Crippen LogP contribution in [0.5, 0.6) is 11.5 Å². The summed E-state index contributed by atoms with van der Waals surface area (Å²) in [5, 5.41) is 8.14. The predicted octanol–water partition coefficient (Wildman–Crippen LogP) is 5.61. The molecule has 1 amide bonds. The molecule has 0 aliphatic rings. The molecule has 0 aliphatic heterocycles. The summed E-state index contributed by atoms with van der Waals surface area (Å²) in [5.74, 6) is 1.85. The Morgan fingerprint density at radius 2 is 1.69 bits per heavy atom. The highest BCUT2D eigenvalue weighted by atomic mass is 32.1. The van der Waals surface area contributed by atoms with Gasteiger partial charge >= 0.3 is 0 Å². The number of ether oxygens (including phenoxy) is 1. The fourth-order valence-corrected chi connectivity index (χ4v) is 3.38. The summed E-state index contributed by atoms with van der Waals surface area (Å²) in [6.45, 7) is 0.496. The first kappa shape index (κ1) is 18.7. The minimum absolute atomic E-state index is 0.168. The van der Waals surface area contributed by atoms with Crippen molar-refractivity contribution in [2.45, 2.75) is 6.54 Å². The molecule has 5 nitrogen and oxygen atoms in total. The van der Waals surface area contributed by atoms with Crippen LogP contribution >= 0.6 is 11.3 Å². The lowest BCUT2D eigenvalue weighted by Gasteiger charge is -2.12. The number of anilines is 2. The maximum absolute atomic E-state index is 12.6. The van der Waals surface area contributed by atoms with Crippen molar-refractivity contribution in [2.24, 2.45) is 0 Å². The molecule has 0 saturated heterocycles. The smallest absolute Gasteiger partial charge is 0.255 e. The third-order valence-corrected chi connectivity index (χ3v) is 5.03. The van der Waals surface area contributed by atoms with E-state index in [-0.39, 0.29) is 5.91 Å². The van der Waals surface area contributed by atoms with Gasteiger partial charge in [0.25, 0.3) is 5.91 Å². The van der Waals surface area contributed by atoms with Gasteiger partial charge in [-0.3, -0.25) is 4.79 Å². The number of aromatic nitrogens is 1.